The van der Waals surface area contributed by atoms with Crippen LogP contribution >= 0.6 is 11.6 Å². The van der Waals surface area contributed by atoms with Gasteiger partial charge in [-0.1, -0.05) is 35.9 Å². The van der Waals surface area contributed by atoms with Crippen LogP contribution in [0, 0.1) is 0 Å². The molecule has 3 rings (SSSR count). The van der Waals surface area contributed by atoms with Crippen molar-refractivity contribution in [1.82, 2.24) is 20.2 Å². The van der Waals surface area contributed by atoms with Gasteiger partial charge in [-0.3, -0.25) is 0 Å². The molecule has 152 valence electrons. The maximum absolute atomic E-state index is 12.8. The molecule has 9 heteroatoms. The van der Waals surface area contributed by atoms with Crippen LogP contribution < -0.4 is 10.6 Å². The van der Waals surface area contributed by atoms with Crippen molar-refractivity contribution >= 4 is 17.6 Å². The highest BCUT2D eigenvalue weighted by Gasteiger charge is 2.30. The molecule has 0 radical (unpaired) electrons. The third-order valence-corrected chi connectivity index (χ3v) is 4.55. The van der Waals surface area contributed by atoms with Gasteiger partial charge < -0.3 is 15.2 Å². The van der Waals surface area contributed by atoms with Crippen molar-refractivity contribution in [2.45, 2.75) is 18.8 Å². The Morgan fingerprint density at radius 1 is 1.21 bits per heavy atom. The zero-order valence-corrected chi connectivity index (χ0v) is 16.1. The van der Waals surface area contributed by atoms with Crippen LogP contribution in [0.25, 0.3) is 0 Å². The molecule has 0 bridgehead atoms. The first-order valence-electron chi connectivity index (χ1n) is 8.67. The number of rotatable bonds is 5. The average molecular weight is 423 g/mol. The molecule has 2 N–H and O–H groups in total. The van der Waals surface area contributed by atoms with E-state index in [0.717, 1.165) is 17.7 Å². The Hall–Kier alpha value is -3.00. The molecule has 1 unspecified atom stereocenters. The van der Waals surface area contributed by atoms with Crippen LogP contribution in [0.4, 0.5) is 18.0 Å². The minimum absolute atomic E-state index is 0.0519. The van der Waals surface area contributed by atoms with E-state index in [2.05, 4.69) is 15.6 Å². The zero-order chi connectivity index (χ0) is 21.0. The lowest BCUT2D eigenvalue weighted by molar-refractivity contribution is -0.137. The second-order valence-corrected chi connectivity index (χ2v) is 6.84. The van der Waals surface area contributed by atoms with Crippen molar-refractivity contribution in [2.75, 3.05) is 0 Å². The maximum atomic E-state index is 12.8. The van der Waals surface area contributed by atoms with Crippen LogP contribution in [0.1, 0.15) is 28.6 Å². The van der Waals surface area contributed by atoms with Gasteiger partial charge in [0.05, 0.1) is 5.56 Å². The number of amides is 2. The third kappa shape index (κ3) is 5.29. The van der Waals surface area contributed by atoms with Crippen LogP contribution in [-0.4, -0.2) is 15.6 Å². The third-order valence-electron chi connectivity index (χ3n) is 4.30. The molecule has 0 aliphatic heterocycles. The monoisotopic (exact) mass is 422 g/mol. The van der Waals surface area contributed by atoms with E-state index in [9.17, 15) is 18.0 Å². The number of benzene rings is 2. The molecule has 0 saturated heterocycles. The molecule has 0 aliphatic rings. The molecule has 2 aromatic carbocycles. The van der Waals surface area contributed by atoms with E-state index in [-0.39, 0.29) is 6.54 Å². The molecule has 29 heavy (non-hydrogen) atoms. The summed E-state index contributed by atoms with van der Waals surface area (Å²) in [6, 6.07) is 10.7. The van der Waals surface area contributed by atoms with Gasteiger partial charge in [-0.2, -0.15) is 13.2 Å². The van der Waals surface area contributed by atoms with Gasteiger partial charge in [-0.05, 0) is 35.4 Å². The average Bonchev–Trinajstić information content (AvgIpc) is 3.10. The predicted molar refractivity (Wildman–Crippen MR) is 103 cm³/mol. The Balaban J connectivity index is 1.72. The number of halogens is 4. The van der Waals surface area contributed by atoms with Crippen molar-refractivity contribution in [3.63, 3.8) is 0 Å². The van der Waals surface area contributed by atoms with E-state index < -0.39 is 23.8 Å². The Morgan fingerprint density at radius 3 is 2.55 bits per heavy atom. The van der Waals surface area contributed by atoms with Gasteiger partial charge >= 0.3 is 12.2 Å². The molecular formula is C20H18ClF3N4O. The molecule has 0 fully saturated rings. The summed E-state index contributed by atoms with van der Waals surface area (Å²) in [6.07, 6.45) is -1.07. The van der Waals surface area contributed by atoms with Gasteiger partial charge in [0.1, 0.15) is 11.9 Å². The lowest BCUT2D eigenvalue weighted by Gasteiger charge is -2.20. The molecule has 3 aromatic rings. The van der Waals surface area contributed by atoms with Crippen LogP contribution in [0.2, 0.25) is 5.02 Å². The highest BCUT2D eigenvalue weighted by Crippen LogP contribution is 2.29. The second-order valence-electron chi connectivity index (χ2n) is 6.41. The summed E-state index contributed by atoms with van der Waals surface area (Å²) < 4.78 is 40.3. The summed E-state index contributed by atoms with van der Waals surface area (Å²) in [7, 11) is 1.80. The topological polar surface area (TPSA) is 59.0 Å². The van der Waals surface area contributed by atoms with E-state index >= 15 is 0 Å². The molecule has 1 atom stereocenters. The van der Waals surface area contributed by atoms with E-state index in [1.807, 2.05) is 0 Å². The van der Waals surface area contributed by atoms with Gasteiger partial charge in [-0.15, -0.1) is 0 Å². The van der Waals surface area contributed by atoms with Crippen molar-refractivity contribution in [3.05, 3.63) is 88.5 Å². The number of urea groups is 1. The number of hydrogen-bond acceptors (Lipinski definition) is 2. The summed E-state index contributed by atoms with van der Waals surface area (Å²) in [5.41, 5.74) is 0.345. The van der Waals surface area contributed by atoms with E-state index in [0.29, 0.717) is 16.4 Å². The Bertz CT molecular complexity index is 986. The van der Waals surface area contributed by atoms with Crippen LogP contribution in [-0.2, 0) is 19.8 Å². The van der Waals surface area contributed by atoms with Crippen LogP contribution in [0.15, 0.2) is 60.9 Å². The summed E-state index contributed by atoms with van der Waals surface area (Å²) in [5.74, 6) is 0.599. The SMILES string of the molecule is Cn1ccnc1C(NC(=O)NCc1cccc(C(F)(F)F)c1)c1ccc(Cl)cc1. The summed E-state index contributed by atoms with van der Waals surface area (Å²) in [5, 5.41) is 5.96. The fourth-order valence-electron chi connectivity index (χ4n) is 2.83. The van der Waals surface area contributed by atoms with Gasteiger partial charge in [-0.25, -0.2) is 9.78 Å². The molecule has 1 heterocycles. The predicted octanol–water partition coefficient (Wildman–Crippen LogP) is 4.68. The normalized spacial score (nSPS) is 12.4. The molecule has 1 aromatic heterocycles. The molecule has 0 aliphatic carbocycles. The summed E-state index contributed by atoms with van der Waals surface area (Å²) >= 11 is 5.94. The number of nitrogens with one attached hydrogen (secondary N) is 2. The van der Waals surface area contributed by atoms with E-state index in [1.165, 1.54) is 12.1 Å². The first-order valence-corrected chi connectivity index (χ1v) is 9.05. The zero-order valence-electron chi connectivity index (χ0n) is 15.4. The summed E-state index contributed by atoms with van der Waals surface area (Å²) in [6.45, 7) is -0.0519. The van der Waals surface area contributed by atoms with Crippen molar-refractivity contribution in [2.24, 2.45) is 7.05 Å². The Morgan fingerprint density at radius 2 is 1.93 bits per heavy atom. The number of carbonyl (C=O) groups is 1. The smallest absolute Gasteiger partial charge is 0.336 e. The Labute approximate surface area is 170 Å². The van der Waals surface area contributed by atoms with Crippen molar-refractivity contribution in [1.29, 1.82) is 0 Å². The van der Waals surface area contributed by atoms with Gasteiger partial charge in [0.2, 0.25) is 0 Å². The van der Waals surface area contributed by atoms with Crippen molar-refractivity contribution < 1.29 is 18.0 Å². The lowest BCUT2D eigenvalue weighted by Crippen LogP contribution is -2.39. The van der Waals surface area contributed by atoms with E-state index in [4.69, 9.17) is 11.6 Å². The molecule has 5 nitrogen and oxygen atoms in total. The first-order chi connectivity index (χ1) is 13.7. The number of imidazole rings is 1. The highest BCUT2D eigenvalue weighted by molar-refractivity contribution is 6.30. The second kappa shape index (κ2) is 8.57. The number of aryl methyl sites for hydroxylation is 1. The minimum Gasteiger partial charge on any atom is -0.336 e. The van der Waals surface area contributed by atoms with Crippen molar-refractivity contribution in [3.8, 4) is 0 Å². The highest BCUT2D eigenvalue weighted by atomic mass is 35.5. The quantitative estimate of drug-likeness (QED) is 0.627. The van der Waals surface area contributed by atoms with Crippen LogP contribution in [0.5, 0.6) is 0 Å². The van der Waals surface area contributed by atoms with Gasteiger partial charge in [0.25, 0.3) is 0 Å². The number of nitrogens with zero attached hydrogens (tertiary/aromatic N) is 2. The molecule has 0 saturated carbocycles. The standard InChI is InChI=1S/C20H18ClF3N4O/c1-28-10-9-25-18(28)17(14-5-7-16(21)8-6-14)27-19(29)26-12-13-3-2-4-15(11-13)20(22,23)24/h2-11,17H,12H2,1H3,(H2,26,27,29). The first kappa shape index (κ1) is 20.7. The summed E-state index contributed by atoms with van der Waals surface area (Å²) in [4.78, 5) is 16.7. The largest absolute Gasteiger partial charge is 0.416 e. The number of hydrogen-bond donors (Lipinski definition) is 2. The van der Waals surface area contributed by atoms with Crippen LogP contribution in [0.3, 0.4) is 0 Å². The molecular weight excluding hydrogens is 405 g/mol. The fraction of sp³-hybridized carbons (Fsp3) is 0.200. The lowest BCUT2D eigenvalue weighted by atomic mass is 10.1. The Kier molecular flexibility index (Phi) is 6.12. The maximum Gasteiger partial charge on any atom is 0.416 e. The molecule has 2 amide bonds. The number of alkyl halides is 3. The fourth-order valence-corrected chi connectivity index (χ4v) is 2.96. The van der Waals surface area contributed by atoms with E-state index in [1.54, 1.807) is 48.3 Å². The number of aromatic nitrogens is 2. The molecule has 0 spiro atoms. The van der Waals surface area contributed by atoms with Gasteiger partial charge in [0, 0.05) is 31.0 Å². The minimum atomic E-state index is -4.43. The number of carbonyl (C=O) groups excluding carboxylic acids is 1. The van der Waals surface area contributed by atoms with Gasteiger partial charge in [0.15, 0.2) is 0 Å².